The predicted octanol–water partition coefficient (Wildman–Crippen LogP) is 3.76. The molecule has 0 bridgehead atoms. The third-order valence-electron chi connectivity index (χ3n) is 4.05. The van der Waals surface area contributed by atoms with Gasteiger partial charge in [0.05, 0.1) is 5.56 Å². The summed E-state index contributed by atoms with van der Waals surface area (Å²) < 4.78 is 5.57. The van der Waals surface area contributed by atoms with E-state index in [1.165, 1.54) is 23.5 Å². The summed E-state index contributed by atoms with van der Waals surface area (Å²) in [5.41, 5.74) is 1.50. The van der Waals surface area contributed by atoms with Gasteiger partial charge in [-0.15, -0.1) is 11.3 Å². The van der Waals surface area contributed by atoms with Gasteiger partial charge in [-0.1, -0.05) is 15.9 Å². The van der Waals surface area contributed by atoms with Crippen LogP contribution >= 0.6 is 27.3 Å². The lowest BCUT2D eigenvalue weighted by Crippen LogP contribution is -2.21. The zero-order valence-corrected chi connectivity index (χ0v) is 16.1. The van der Waals surface area contributed by atoms with Gasteiger partial charge in [0.25, 0.3) is 5.91 Å². The molecule has 0 radical (unpaired) electrons. The zero-order valence-electron chi connectivity index (χ0n) is 13.7. The van der Waals surface area contributed by atoms with Crippen LogP contribution in [-0.2, 0) is 22.4 Å². The van der Waals surface area contributed by atoms with Crippen LogP contribution in [0.25, 0.3) is 0 Å². The Kier molecular flexibility index (Phi) is 5.59. The van der Waals surface area contributed by atoms with E-state index in [4.69, 9.17) is 4.74 Å². The van der Waals surface area contributed by atoms with Crippen molar-refractivity contribution in [1.82, 2.24) is 0 Å². The topological polar surface area (TPSA) is 99.4 Å². The number of hydrogen-bond acceptors (Lipinski definition) is 6. The number of phenols is 1. The molecule has 1 heterocycles. The van der Waals surface area contributed by atoms with Crippen LogP contribution in [0.15, 0.2) is 22.7 Å². The van der Waals surface area contributed by atoms with Gasteiger partial charge in [0.15, 0.2) is 6.61 Å². The molecule has 2 N–H and O–H groups in total. The number of esters is 1. The number of hydrogen-bond donors (Lipinski definition) is 2. The van der Waals surface area contributed by atoms with Crippen molar-refractivity contribution in [2.75, 3.05) is 11.9 Å². The molecule has 0 spiro atoms. The summed E-state index contributed by atoms with van der Waals surface area (Å²) in [5, 5.41) is 22.3. The second kappa shape index (κ2) is 7.89. The first kappa shape index (κ1) is 18.4. The van der Waals surface area contributed by atoms with E-state index in [0.717, 1.165) is 36.1 Å². The summed E-state index contributed by atoms with van der Waals surface area (Å²) in [4.78, 5) is 25.3. The van der Waals surface area contributed by atoms with Gasteiger partial charge in [-0.25, -0.2) is 4.79 Å². The number of nitrogens with zero attached hydrogens (tertiary/aromatic N) is 1. The quantitative estimate of drug-likeness (QED) is 0.713. The molecule has 0 saturated carbocycles. The van der Waals surface area contributed by atoms with E-state index < -0.39 is 18.5 Å². The number of rotatable bonds is 4. The molecule has 1 aliphatic carbocycles. The summed E-state index contributed by atoms with van der Waals surface area (Å²) in [7, 11) is 0. The van der Waals surface area contributed by atoms with Crippen molar-refractivity contribution in [2.45, 2.75) is 25.7 Å². The monoisotopic (exact) mass is 434 g/mol. The van der Waals surface area contributed by atoms with Crippen molar-refractivity contribution in [1.29, 1.82) is 5.26 Å². The average molecular weight is 435 g/mol. The molecule has 0 fully saturated rings. The Morgan fingerprint density at radius 3 is 2.88 bits per heavy atom. The Hall–Kier alpha value is -2.37. The van der Waals surface area contributed by atoms with Gasteiger partial charge in [-0.3, -0.25) is 4.79 Å². The van der Waals surface area contributed by atoms with Crippen LogP contribution in [0.5, 0.6) is 5.75 Å². The van der Waals surface area contributed by atoms with Crippen molar-refractivity contribution in [3.63, 3.8) is 0 Å². The van der Waals surface area contributed by atoms with Gasteiger partial charge in [-0.05, 0) is 49.4 Å². The van der Waals surface area contributed by atoms with E-state index in [1.807, 2.05) is 0 Å². The van der Waals surface area contributed by atoms with E-state index in [2.05, 4.69) is 27.3 Å². The smallest absolute Gasteiger partial charge is 0.342 e. The highest BCUT2D eigenvalue weighted by Crippen LogP contribution is 2.37. The molecule has 0 aliphatic heterocycles. The van der Waals surface area contributed by atoms with Crippen molar-refractivity contribution in [3.05, 3.63) is 44.2 Å². The van der Waals surface area contributed by atoms with Gasteiger partial charge in [0.2, 0.25) is 0 Å². The third kappa shape index (κ3) is 3.89. The van der Waals surface area contributed by atoms with Gasteiger partial charge in [-0.2, -0.15) is 5.26 Å². The van der Waals surface area contributed by atoms with Gasteiger partial charge in [0.1, 0.15) is 22.4 Å². The SMILES string of the molecule is N#Cc1c(NC(=O)COC(=O)c2cc(Br)ccc2O)sc2c1CCCC2. The van der Waals surface area contributed by atoms with Gasteiger partial charge >= 0.3 is 5.97 Å². The van der Waals surface area contributed by atoms with Crippen LogP contribution < -0.4 is 5.32 Å². The molecular formula is C18H15BrN2O4S. The van der Waals surface area contributed by atoms with Crippen LogP contribution in [0.1, 0.15) is 39.2 Å². The van der Waals surface area contributed by atoms with E-state index in [9.17, 15) is 20.0 Å². The lowest BCUT2D eigenvalue weighted by Gasteiger charge is -2.09. The van der Waals surface area contributed by atoms with Crippen LogP contribution in [0.4, 0.5) is 5.00 Å². The number of anilines is 1. The minimum Gasteiger partial charge on any atom is -0.507 e. The molecule has 3 rings (SSSR count). The highest BCUT2D eigenvalue weighted by Gasteiger charge is 2.22. The predicted molar refractivity (Wildman–Crippen MR) is 100 cm³/mol. The maximum absolute atomic E-state index is 12.1. The van der Waals surface area contributed by atoms with Crippen molar-refractivity contribution < 1.29 is 19.4 Å². The van der Waals surface area contributed by atoms with Crippen molar-refractivity contribution in [2.24, 2.45) is 0 Å². The zero-order chi connectivity index (χ0) is 18.7. The van der Waals surface area contributed by atoms with Crippen molar-refractivity contribution >= 4 is 44.1 Å². The number of aryl methyl sites for hydroxylation is 1. The van der Waals surface area contributed by atoms with Crippen LogP contribution in [0.3, 0.4) is 0 Å². The minimum atomic E-state index is -0.801. The third-order valence-corrected chi connectivity index (χ3v) is 5.75. The average Bonchev–Trinajstić information content (AvgIpc) is 2.98. The molecule has 1 aliphatic rings. The summed E-state index contributed by atoms with van der Waals surface area (Å²) in [6.45, 7) is -0.502. The van der Waals surface area contributed by atoms with E-state index >= 15 is 0 Å². The molecule has 6 nitrogen and oxygen atoms in total. The summed E-state index contributed by atoms with van der Waals surface area (Å²) in [6, 6.07) is 6.52. The molecule has 134 valence electrons. The molecule has 8 heteroatoms. The Morgan fingerprint density at radius 1 is 1.35 bits per heavy atom. The fourth-order valence-electron chi connectivity index (χ4n) is 2.82. The Morgan fingerprint density at radius 2 is 2.12 bits per heavy atom. The number of nitriles is 1. The second-order valence-corrected chi connectivity index (χ2v) is 7.83. The fourth-order valence-corrected chi connectivity index (χ4v) is 4.43. The number of carbonyl (C=O) groups is 2. The standard InChI is InChI=1S/C18H15BrN2O4S/c19-10-5-6-14(22)12(7-10)18(24)25-9-16(23)21-17-13(8-20)11-3-1-2-4-15(11)26-17/h5-7,22H,1-4,9H2,(H,21,23). The molecule has 1 amide bonds. The van der Waals surface area contributed by atoms with Crippen molar-refractivity contribution in [3.8, 4) is 11.8 Å². The first-order valence-electron chi connectivity index (χ1n) is 7.99. The number of benzene rings is 1. The highest BCUT2D eigenvalue weighted by molar-refractivity contribution is 9.10. The molecule has 1 aromatic heterocycles. The number of carbonyl (C=O) groups excluding carboxylic acids is 2. The molecule has 0 atom stereocenters. The van der Waals surface area contributed by atoms with E-state index in [0.29, 0.717) is 15.0 Å². The van der Waals surface area contributed by atoms with Gasteiger partial charge in [0, 0.05) is 9.35 Å². The highest BCUT2D eigenvalue weighted by atomic mass is 79.9. The number of thiophene rings is 1. The Balaban J connectivity index is 1.65. The molecular weight excluding hydrogens is 420 g/mol. The fraction of sp³-hybridized carbons (Fsp3) is 0.278. The van der Waals surface area contributed by atoms with E-state index in [1.54, 1.807) is 6.07 Å². The lowest BCUT2D eigenvalue weighted by atomic mass is 9.96. The normalized spacial score (nSPS) is 12.8. The molecule has 0 unspecified atom stereocenters. The number of ether oxygens (including phenoxy) is 1. The Bertz CT molecular complexity index is 917. The number of aromatic hydroxyl groups is 1. The summed E-state index contributed by atoms with van der Waals surface area (Å²) in [5.74, 6) is -1.55. The van der Waals surface area contributed by atoms with Gasteiger partial charge < -0.3 is 15.2 Å². The number of fused-ring (bicyclic) bond motifs is 1. The number of phenolic OH excluding ortho intramolecular Hbond substituents is 1. The summed E-state index contributed by atoms with van der Waals surface area (Å²) >= 11 is 4.61. The number of halogens is 1. The Labute approximate surface area is 162 Å². The van der Waals surface area contributed by atoms with Crippen LogP contribution in [0.2, 0.25) is 0 Å². The molecule has 0 saturated heterocycles. The maximum Gasteiger partial charge on any atom is 0.342 e. The molecule has 2 aromatic rings. The van der Waals surface area contributed by atoms with Crippen LogP contribution in [0, 0.1) is 11.3 Å². The largest absolute Gasteiger partial charge is 0.507 e. The number of amides is 1. The first-order chi connectivity index (χ1) is 12.5. The lowest BCUT2D eigenvalue weighted by molar-refractivity contribution is -0.119. The van der Waals surface area contributed by atoms with E-state index in [-0.39, 0.29) is 11.3 Å². The maximum atomic E-state index is 12.1. The number of nitrogens with one attached hydrogen (secondary N) is 1. The molecule has 1 aromatic carbocycles. The van der Waals surface area contributed by atoms with Crippen LogP contribution in [-0.4, -0.2) is 23.6 Å². The second-order valence-electron chi connectivity index (χ2n) is 5.81. The first-order valence-corrected chi connectivity index (χ1v) is 9.60. The minimum absolute atomic E-state index is 0.0310. The summed E-state index contributed by atoms with van der Waals surface area (Å²) in [6.07, 6.45) is 3.89. The molecule has 26 heavy (non-hydrogen) atoms.